The first kappa shape index (κ1) is 22.4. The second-order valence-electron chi connectivity index (χ2n) is 7.10. The van der Waals surface area contributed by atoms with Crippen molar-refractivity contribution >= 4 is 17.7 Å². The molecular formula is C21H29N3O5. The summed E-state index contributed by atoms with van der Waals surface area (Å²) in [5.41, 5.74) is 2.08. The Bertz CT molecular complexity index is 881. The van der Waals surface area contributed by atoms with Crippen LogP contribution in [-0.2, 0) is 11.3 Å². The van der Waals surface area contributed by atoms with Crippen LogP contribution in [0.2, 0.25) is 0 Å². The summed E-state index contributed by atoms with van der Waals surface area (Å²) in [6, 6.07) is 3.21. The van der Waals surface area contributed by atoms with Gasteiger partial charge in [0.1, 0.15) is 5.69 Å². The molecule has 0 spiro atoms. The Morgan fingerprint density at radius 3 is 2.38 bits per heavy atom. The van der Waals surface area contributed by atoms with Gasteiger partial charge < -0.3 is 23.5 Å². The van der Waals surface area contributed by atoms with Crippen molar-refractivity contribution in [1.29, 1.82) is 0 Å². The van der Waals surface area contributed by atoms with Crippen LogP contribution in [0.5, 0.6) is 0 Å². The monoisotopic (exact) mass is 403 g/mol. The molecule has 2 aromatic heterocycles. The van der Waals surface area contributed by atoms with E-state index in [4.69, 9.17) is 9.15 Å². The Balaban J connectivity index is 2.37. The molecular weight excluding hydrogens is 374 g/mol. The third-order valence-corrected chi connectivity index (χ3v) is 4.91. The van der Waals surface area contributed by atoms with Crippen LogP contribution >= 0.6 is 0 Å². The number of rotatable bonds is 9. The maximum Gasteiger partial charge on any atom is 0.354 e. The lowest BCUT2D eigenvalue weighted by Gasteiger charge is -2.23. The van der Waals surface area contributed by atoms with E-state index in [1.807, 2.05) is 25.9 Å². The van der Waals surface area contributed by atoms with E-state index < -0.39 is 5.97 Å². The van der Waals surface area contributed by atoms with Gasteiger partial charge in [-0.15, -0.1) is 0 Å². The van der Waals surface area contributed by atoms with Gasteiger partial charge in [0.2, 0.25) is 0 Å². The zero-order valence-corrected chi connectivity index (χ0v) is 17.9. The summed E-state index contributed by atoms with van der Waals surface area (Å²) in [7, 11) is 5.11. The van der Waals surface area contributed by atoms with Crippen molar-refractivity contribution in [3.8, 4) is 0 Å². The van der Waals surface area contributed by atoms with E-state index in [0.717, 1.165) is 0 Å². The summed E-state index contributed by atoms with van der Waals surface area (Å²) < 4.78 is 11.9. The highest BCUT2D eigenvalue weighted by molar-refractivity contribution is 6.05. The zero-order chi connectivity index (χ0) is 21.7. The number of likely N-dealkylation sites (N-methyl/N-ethyl adjacent to an activating group) is 1. The highest BCUT2D eigenvalue weighted by Crippen LogP contribution is 2.24. The predicted molar refractivity (Wildman–Crippen MR) is 108 cm³/mol. The van der Waals surface area contributed by atoms with Crippen LogP contribution in [0.15, 0.2) is 22.8 Å². The predicted octanol–water partition coefficient (Wildman–Crippen LogP) is 2.39. The van der Waals surface area contributed by atoms with Crippen LogP contribution in [0.25, 0.3) is 0 Å². The summed E-state index contributed by atoms with van der Waals surface area (Å²) in [6.07, 6.45) is 1.43. The number of methoxy groups -OCH3 is 1. The van der Waals surface area contributed by atoms with Crippen LogP contribution in [0.3, 0.4) is 0 Å². The van der Waals surface area contributed by atoms with Gasteiger partial charge in [-0.25, -0.2) is 4.79 Å². The van der Waals surface area contributed by atoms with Gasteiger partial charge in [-0.3, -0.25) is 9.59 Å². The lowest BCUT2D eigenvalue weighted by atomic mass is 10.0. The quantitative estimate of drug-likeness (QED) is 0.472. The number of esters is 1. The molecule has 1 amide bonds. The molecule has 2 heterocycles. The minimum atomic E-state index is -0.484. The van der Waals surface area contributed by atoms with Crippen LogP contribution in [-0.4, -0.2) is 72.9 Å². The Hall–Kier alpha value is -2.87. The van der Waals surface area contributed by atoms with Crippen LogP contribution in [0.1, 0.15) is 49.6 Å². The standard InChI is InChI=1S/C21H29N3O5/c1-7-24-15(3)18(14(2)19(24)21(27)28-6)16(25)13-23(11-10-22(4)5)20(26)17-9-8-12-29-17/h8-9,12H,7,10-11,13H2,1-6H3. The lowest BCUT2D eigenvalue weighted by Crippen LogP contribution is -2.40. The number of carbonyl (C=O) groups is 3. The molecule has 0 aromatic carbocycles. The van der Waals surface area contributed by atoms with Crippen molar-refractivity contribution in [2.75, 3.05) is 40.8 Å². The molecule has 0 saturated carbocycles. The smallest absolute Gasteiger partial charge is 0.354 e. The molecule has 0 unspecified atom stereocenters. The van der Waals surface area contributed by atoms with Gasteiger partial charge in [0.05, 0.1) is 19.9 Å². The SMILES string of the molecule is CCn1c(C)c(C(=O)CN(CCN(C)C)C(=O)c2ccco2)c(C)c1C(=O)OC. The summed E-state index contributed by atoms with van der Waals surface area (Å²) in [4.78, 5) is 41.7. The molecule has 158 valence electrons. The second-order valence-corrected chi connectivity index (χ2v) is 7.10. The number of hydrogen-bond donors (Lipinski definition) is 0. The molecule has 0 atom stereocenters. The van der Waals surface area contributed by atoms with Gasteiger partial charge >= 0.3 is 5.97 Å². The van der Waals surface area contributed by atoms with E-state index in [1.54, 1.807) is 30.5 Å². The molecule has 8 nitrogen and oxygen atoms in total. The minimum absolute atomic E-state index is 0.108. The number of ketones is 1. The topological polar surface area (TPSA) is 85.0 Å². The van der Waals surface area contributed by atoms with Gasteiger partial charge in [0, 0.05) is 30.9 Å². The molecule has 2 rings (SSSR count). The molecule has 0 fully saturated rings. The normalized spacial score (nSPS) is 11.0. The third kappa shape index (κ3) is 4.76. The van der Waals surface area contributed by atoms with Crippen LogP contribution < -0.4 is 0 Å². The van der Waals surface area contributed by atoms with E-state index >= 15 is 0 Å². The third-order valence-electron chi connectivity index (χ3n) is 4.91. The highest BCUT2D eigenvalue weighted by Gasteiger charge is 2.29. The fraction of sp³-hybridized carbons (Fsp3) is 0.476. The van der Waals surface area contributed by atoms with Crippen molar-refractivity contribution in [2.24, 2.45) is 0 Å². The molecule has 29 heavy (non-hydrogen) atoms. The van der Waals surface area contributed by atoms with Gasteiger partial charge in [-0.2, -0.15) is 0 Å². The molecule has 0 N–H and O–H groups in total. The van der Waals surface area contributed by atoms with Crippen molar-refractivity contribution in [3.63, 3.8) is 0 Å². The fourth-order valence-electron chi connectivity index (χ4n) is 3.44. The van der Waals surface area contributed by atoms with E-state index in [9.17, 15) is 14.4 Å². The lowest BCUT2D eigenvalue weighted by molar-refractivity contribution is 0.0587. The largest absolute Gasteiger partial charge is 0.464 e. The van der Waals surface area contributed by atoms with Crippen molar-refractivity contribution in [1.82, 2.24) is 14.4 Å². The fourth-order valence-corrected chi connectivity index (χ4v) is 3.44. The van der Waals surface area contributed by atoms with Gasteiger partial charge in [0.25, 0.3) is 5.91 Å². The van der Waals surface area contributed by atoms with Crippen molar-refractivity contribution in [3.05, 3.63) is 46.7 Å². The molecule has 0 aliphatic heterocycles. The number of nitrogens with zero attached hydrogens (tertiary/aromatic N) is 3. The molecule has 0 aliphatic carbocycles. The average Bonchev–Trinajstić information content (AvgIpc) is 3.30. The first-order valence-electron chi connectivity index (χ1n) is 9.51. The van der Waals surface area contributed by atoms with E-state index in [1.165, 1.54) is 18.3 Å². The average molecular weight is 403 g/mol. The molecule has 0 bridgehead atoms. The van der Waals surface area contributed by atoms with E-state index in [2.05, 4.69) is 0 Å². The second kappa shape index (κ2) is 9.56. The summed E-state index contributed by atoms with van der Waals surface area (Å²) >= 11 is 0. The highest BCUT2D eigenvalue weighted by atomic mass is 16.5. The van der Waals surface area contributed by atoms with Crippen LogP contribution in [0, 0.1) is 13.8 Å². The molecule has 0 aliphatic rings. The van der Waals surface area contributed by atoms with Crippen molar-refractivity contribution in [2.45, 2.75) is 27.3 Å². The van der Waals surface area contributed by atoms with Gasteiger partial charge in [-0.1, -0.05) is 0 Å². The van der Waals surface area contributed by atoms with Gasteiger partial charge in [-0.05, 0) is 52.6 Å². The number of hydrogen-bond acceptors (Lipinski definition) is 6. The zero-order valence-electron chi connectivity index (χ0n) is 17.9. The first-order chi connectivity index (χ1) is 13.7. The van der Waals surface area contributed by atoms with E-state index in [-0.39, 0.29) is 24.0 Å². The first-order valence-corrected chi connectivity index (χ1v) is 9.51. The number of aromatic nitrogens is 1. The maximum atomic E-state index is 13.2. The van der Waals surface area contributed by atoms with E-state index in [0.29, 0.717) is 42.1 Å². The number of Topliss-reactive ketones (excluding diaryl/α,β-unsaturated/α-hetero) is 1. The summed E-state index contributed by atoms with van der Waals surface area (Å²) in [6.45, 7) is 6.82. The number of ether oxygens (including phenoxy) is 1. The van der Waals surface area contributed by atoms with Gasteiger partial charge in [0.15, 0.2) is 11.5 Å². The number of furan rings is 1. The van der Waals surface area contributed by atoms with Crippen molar-refractivity contribution < 1.29 is 23.5 Å². The maximum absolute atomic E-state index is 13.2. The Labute approximate surface area is 171 Å². The Morgan fingerprint density at radius 2 is 1.86 bits per heavy atom. The number of amides is 1. The van der Waals surface area contributed by atoms with Crippen LogP contribution in [0.4, 0.5) is 0 Å². The number of carbonyl (C=O) groups excluding carboxylic acids is 3. The summed E-state index contributed by atoms with van der Waals surface area (Å²) in [5, 5.41) is 0. The molecule has 2 aromatic rings. The summed E-state index contributed by atoms with van der Waals surface area (Å²) in [5.74, 6) is -0.867. The Morgan fingerprint density at radius 1 is 1.17 bits per heavy atom. The molecule has 0 saturated heterocycles. The molecule has 0 radical (unpaired) electrons. The molecule has 8 heteroatoms. The minimum Gasteiger partial charge on any atom is -0.464 e. The Kier molecular flexibility index (Phi) is 7.39.